The molecule has 2 aromatic rings. The molecule has 6 heteroatoms. The van der Waals surface area contributed by atoms with Gasteiger partial charge in [-0.05, 0) is 49.4 Å². The van der Waals surface area contributed by atoms with Crippen LogP contribution in [0.15, 0.2) is 88.1 Å². The first-order chi connectivity index (χ1) is 15.5. The van der Waals surface area contributed by atoms with Crippen molar-refractivity contribution in [3.63, 3.8) is 0 Å². The number of dihydropyridines is 1. The molecule has 166 valence electrons. The summed E-state index contributed by atoms with van der Waals surface area (Å²) < 4.78 is 10.6. The fourth-order valence-corrected chi connectivity index (χ4v) is 4.13. The highest BCUT2D eigenvalue weighted by molar-refractivity contribution is 7.98. The molecule has 2 aromatic carbocycles. The van der Waals surface area contributed by atoms with E-state index in [-0.39, 0.29) is 6.61 Å². The van der Waals surface area contributed by atoms with E-state index in [9.17, 15) is 9.59 Å². The minimum Gasteiger partial charge on any atom is -0.466 e. The summed E-state index contributed by atoms with van der Waals surface area (Å²) >= 11 is 1.63. The predicted molar refractivity (Wildman–Crippen MR) is 128 cm³/mol. The first kappa shape index (κ1) is 23.4. The van der Waals surface area contributed by atoms with E-state index >= 15 is 0 Å². The van der Waals surface area contributed by atoms with Crippen LogP contribution in [-0.2, 0) is 19.1 Å². The number of hydrogen-bond acceptors (Lipinski definition) is 6. The van der Waals surface area contributed by atoms with Gasteiger partial charge in [0.05, 0.1) is 24.2 Å². The first-order valence-corrected chi connectivity index (χ1v) is 11.5. The Bertz CT molecular complexity index is 1070. The number of hydrogen-bond donors (Lipinski definition) is 1. The number of nitrogens with one attached hydrogen (secondary N) is 1. The van der Waals surface area contributed by atoms with Crippen LogP contribution >= 0.6 is 11.8 Å². The van der Waals surface area contributed by atoms with E-state index in [1.807, 2.05) is 80.8 Å². The quantitative estimate of drug-likeness (QED) is 0.470. The lowest BCUT2D eigenvalue weighted by molar-refractivity contribution is -0.138. The zero-order valence-electron chi connectivity index (χ0n) is 18.7. The van der Waals surface area contributed by atoms with E-state index in [2.05, 4.69) is 5.32 Å². The third-order valence-electron chi connectivity index (χ3n) is 5.26. The van der Waals surface area contributed by atoms with Crippen molar-refractivity contribution < 1.29 is 19.1 Å². The number of carbonyl (C=O) groups is 2. The third-order valence-corrected chi connectivity index (χ3v) is 6.00. The molecular formula is C26H27NO4S. The fraction of sp³-hybridized carbons (Fsp3) is 0.231. The second kappa shape index (κ2) is 10.9. The van der Waals surface area contributed by atoms with Crippen LogP contribution in [0.1, 0.15) is 30.9 Å². The van der Waals surface area contributed by atoms with Crippen LogP contribution in [0.25, 0.3) is 6.08 Å². The van der Waals surface area contributed by atoms with Gasteiger partial charge in [0.1, 0.15) is 6.61 Å². The molecule has 0 bridgehead atoms. The van der Waals surface area contributed by atoms with Gasteiger partial charge in [0.2, 0.25) is 0 Å². The highest BCUT2D eigenvalue weighted by Crippen LogP contribution is 2.39. The van der Waals surface area contributed by atoms with Gasteiger partial charge in [0.15, 0.2) is 0 Å². The van der Waals surface area contributed by atoms with Gasteiger partial charge in [-0.25, -0.2) is 9.59 Å². The maximum atomic E-state index is 13.2. The van der Waals surface area contributed by atoms with Gasteiger partial charge >= 0.3 is 11.9 Å². The van der Waals surface area contributed by atoms with Gasteiger partial charge in [-0.3, -0.25) is 0 Å². The lowest BCUT2D eigenvalue weighted by Gasteiger charge is -2.30. The molecule has 0 saturated carbocycles. The maximum Gasteiger partial charge on any atom is 0.337 e. The van der Waals surface area contributed by atoms with Crippen LogP contribution in [0.5, 0.6) is 0 Å². The van der Waals surface area contributed by atoms with Crippen LogP contribution in [0.4, 0.5) is 0 Å². The first-order valence-electron chi connectivity index (χ1n) is 10.3. The van der Waals surface area contributed by atoms with Crippen molar-refractivity contribution in [1.82, 2.24) is 5.32 Å². The van der Waals surface area contributed by atoms with Gasteiger partial charge in [0.25, 0.3) is 0 Å². The topological polar surface area (TPSA) is 64.6 Å². The molecule has 1 unspecified atom stereocenters. The molecule has 1 N–H and O–H groups in total. The van der Waals surface area contributed by atoms with Gasteiger partial charge < -0.3 is 14.8 Å². The van der Waals surface area contributed by atoms with Crippen molar-refractivity contribution in [3.8, 4) is 0 Å². The Morgan fingerprint density at radius 2 is 1.59 bits per heavy atom. The van der Waals surface area contributed by atoms with Crippen molar-refractivity contribution in [2.75, 3.05) is 20.0 Å². The van der Waals surface area contributed by atoms with Gasteiger partial charge in [-0.2, -0.15) is 0 Å². The summed E-state index contributed by atoms with van der Waals surface area (Å²) in [6, 6.07) is 17.6. The molecule has 1 aliphatic heterocycles. The Balaban J connectivity index is 1.89. The zero-order valence-corrected chi connectivity index (χ0v) is 19.5. The molecule has 1 heterocycles. The minimum atomic E-state index is -0.579. The SMILES string of the molecule is COC(=O)C1=C(C)NC(C)=C(C(=O)OC/C=C/c2ccccc2)C1c1ccc(SC)cc1. The molecule has 0 saturated heterocycles. The highest BCUT2D eigenvalue weighted by atomic mass is 32.2. The van der Waals surface area contributed by atoms with E-state index < -0.39 is 17.9 Å². The molecule has 0 aromatic heterocycles. The van der Waals surface area contributed by atoms with E-state index in [0.29, 0.717) is 22.5 Å². The Morgan fingerprint density at radius 1 is 0.969 bits per heavy atom. The molecule has 32 heavy (non-hydrogen) atoms. The summed E-state index contributed by atoms with van der Waals surface area (Å²) in [5, 5.41) is 3.15. The van der Waals surface area contributed by atoms with Crippen LogP contribution < -0.4 is 5.32 Å². The number of rotatable bonds is 7. The Hall–Kier alpha value is -3.25. The average molecular weight is 450 g/mol. The molecule has 3 rings (SSSR count). The molecular weight excluding hydrogens is 422 g/mol. The standard InChI is InChI=1S/C26H27NO4S/c1-17-22(25(28)30-3)24(20-12-14-21(32-4)15-13-20)23(18(2)27-17)26(29)31-16-8-11-19-9-6-5-7-10-19/h5-15,24,27H,16H2,1-4H3/b11-8+. The molecule has 0 radical (unpaired) electrons. The summed E-state index contributed by atoms with van der Waals surface area (Å²) in [5.41, 5.74) is 3.98. The number of methoxy groups -OCH3 is 1. The normalized spacial score (nSPS) is 16.2. The number of benzene rings is 2. The average Bonchev–Trinajstić information content (AvgIpc) is 2.81. The number of ether oxygens (including phenoxy) is 2. The van der Waals surface area contributed by atoms with Gasteiger partial charge in [-0.15, -0.1) is 11.8 Å². The Labute approximate surface area is 193 Å². The van der Waals surface area contributed by atoms with Crippen LogP contribution in [0, 0.1) is 0 Å². The van der Waals surface area contributed by atoms with Crippen molar-refractivity contribution in [3.05, 3.63) is 94.3 Å². The Kier molecular flexibility index (Phi) is 7.95. The van der Waals surface area contributed by atoms with E-state index in [4.69, 9.17) is 9.47 Å². The summed E-state index contributed by atoms with van der Waals surface area (Å²) in [4.78, 5) is 26.9. The summed E-state index contributed by atoms with van der Waals surface area (Å²) in [6.45, 7) is 3.75. The lowest BCUT2D eigenvalue weighted by atomic mass is 9.80. The third kappa shape index (κ3) is 5.32. The van der Waals surface area contributed by atoms with Crippen molar-refractivity contribution in [1.29, 1.82) is 0 Å². The lowest BCUT2D eigenvalue weighted by Crippen LogP contribution is -2.32. The number of allylic oxidation sites excluding steroid dienone is 2. The largest absolute Gasteiger partial charge is 0.466 e. The second-order valence-electron chi connectivity index (χ2n) is 7.31. The number of esters is 2. The van der Waals surface area contributed by atoms with E-state index in [1.54, 1.807) is 17.8 Å². The molecule has 5 nitrogen and oxygen atoms in total. The number of carbonyl (C=O) groups excluding carboxylic acids is 2. The van der Waals surface area contributed by atoms with Crippen LogP contribution in [0.3, 0.4) is 0 Å². The van der Waals surface area contributed by atoms with Crippen molar-refractivity contribution >= 4 is 29.8 Å². The molecule has 1 aliphatic rings. The molecule has 0 amide bonds. The van der Waals surface area contributed by atoms with E-state index in [1.165, 1.54) is 7.11 Å². The summed E-state index contributed by atoms with van der Waals surface area (Å²) in [6.07, 6.45) is 5.69. The molecule has 0 spiro atoms. The van der Waals surface area contributed by atoms with Gasteiger partial charge in [-0.1, -0.05) is 48.5 Å². The highest BCUT2D eigenvalue weighted by Gasteiger charge is 2.37. The van der Waals surface area contributed by atoms with Crippen LogP contribution in [-0.4, -0.2) is 31.9 Å². The van der Waals surface area contributed by atoms with Crippen molar-refractivity contribution in [2.24, 2.45) is 0 Å². The molecule has 1 atom stereocenters. The predicted octanol–water partition coefficient (Wildman–Crippen LogP) is 5.07. The van der Waals surface area contributed by atoms with E-state index in [0.717, 1.165) is 16.0 Å². The fourth-order valence-electron chi connectivity index (χ4n) is 3.72. The summed E-state index contributed by atoms with van der Waals surface area (Å²) in [7, 11) is 1.34. The van der Waals surface area contributed by atoms with Crippen molar-refractivity contribution in [2.45, 2.75) is 24.7 Å². The smallest absolute Gasteiger partial charge is 0.337 e. The number of thioether (sulfide) groups is 1. The second-order valence-corrected chi connectivity index (χ2v) is 8.19. The summed E-state index contributed by atoms with van der Waals surface area (Å²) in [5.74, 6) is -1.53. The zero-order chi connectivity index (χ0) is 23.1. The minimum absolute atomic E-state index is 0.124. The maximum absolute atomic E-state index is 13.2. The molecule has 0 fully saturated rings. The molecule has 0 aliphatic carbocycles. The monoisotopic (exact) mass is 449 g/mol. The van der Waals surface area contributed by atoms with Crippen LogP contribution in [0.2, 0.25) is 0 Å². The van der Waals surface area contributed by atoms with Gasteiger partial charge in [0, 0.05) is 16.3 Å². The Morgan fingerprint density at radius 3 is 2.19 bits per heavy atom.